The maximum absolute atomic E-state index is 13.7. The normalized spacial score (nSPS) is 17.2. The van der Waals surface area contributed by atoms with Crippen molar-refractivity contribution in [2.24, 2.45) is 0 Å². The fourth-order valence-electron chi connectivity index (χ4n) is 3.96. The molecule has 2 unspecified atom stereocenters. The van der Waals surface area contributed by atoms with Gasteiger partial charge in [-0.05, 0) is 50.6 Å². The van der Waals surface area contributed by atoms with E-state index in [2.05, 4.69) is 15.0 Å². The number of aryl methyl sites for hydroxylation is 1. The zero-order valence-corrected chi connectivity index (χ0v) is 18.8. The van der Waals surface area contributed by atoms with Crippen LogP contribution in [0.5, 0.6) is 5.75 Å². The Bertz CT molecular complexity index is 1270. The van der Waals surface area contributed by atoms with E-state index >= 15 is 0 Å². The van der Waals surface area contributed by atoms with Crippen molar-refractivity contribution in [3.05, 3.63) is 63.3 Å². The van der Waals surface area contributed by atoms with Crippen molar-refractivity contribution >= 4 is 16.9 Å². The fraction of sp³-hybridized carbons (Fsp3) is 0.391. The summed E-state index contributed by atoms with van der Waals surface area (Å²) in [5.41, 5.74) is -1.90. The molecule has 1 aliphatic heterocycles. The van der Waals surface area contributed by atoms with Gasteiger partial charge in [0, 0.05) is 31.3 Å². The van der Waals surface area contributed by atoms with Gasteiger partial charge in [-0.3, -0.25) is 9.59 Å². The molecule has 180 valence electrons. The van der Waals surface area contributed by atoms with Gasteiger partial charge in [-0.25, -0.2) is 9.97 Å². The van der Waals surface area contributed by atoms with Crippen LogP contribution in [0.4, 0.5) is 13.2 Å². The Kier molecular flexibility index (Phi) is 6.30. The predicted octanol–water partition coefficient (Wildman–Crippen LogP) is 3.65. The quantitative estimate of drug-likeness (QED) is 0.604. The molecule has 2 aromatic heterocycles. The number of alkyl halides is 3. The van der Waals surface area contributed by atoms with Crippen molar-refractivity contribution < 1.29 is 27.4 Å². The molecule has 0 bridgehead atoms. The number of nitrogens with zero attached hydrogens (tertiary/aromatic N) is 3. The van der Waals surface area contributed by atoms with Gasteiger partial charge in [0.15, 0.2) is 11.3 Å². The first-order valence-corrected chi connectivity index (χ1v) is 10.6. The second-order valence-electron chi connectivity index (χ2n) is 8.13. The first kappa shape index (κ1) is 23.7. The van der Waals surface area contributed by atoms with Crippen LogP contribution in [0.25, 0.3) is 11.0 Å². The Balaban J connectivity index is 1.58. The lowest BCUT2D eigenvalue weighted by atomic mass is 10.1. The molecule has 1 N–H and O–H groups in total. The van der Waals surface area contributed by atoms with Crippen LogP contribution in [-0.4, -0.2) is 52.1 Å². The van der Waals surface area contributed by atoms with Crippen molar-refractivity contribution in [3.63, 3.8) is 0 Å². The summed E-state index contributed by atoms with van der Waals surface area (Å²) in [6.07, 6.45) is -5.08. The number of pyridine rings is 1. The maximum atomic E-state index is 13.7. The number of H-pyrrole nitrogens is 1. The molecule has 34 heavy (non-hydrogen) atoms. The van der Waals surface area contributed by atoms with Crippen LogP contribution in [-0.2, 0) is 10.9 Å². The van der Waals surface area contributed by atoms with Crippen LogP contribution in [0.2, 0.25) is 0 Å². The van der Waals surface area contributed by atoms with Crippen molar-refractivity contribution in [2.45, 2.75) is 38.7 Å². The average molecular weight is 476 g/mol. The summed E-state index contributed by atoms with van der Waals surface area (Å²) in [7, 11) is 1.61. The molecule has 1 saturated heterocycles. The molecule has 11 heteroatoms. The molecule has 0 spiro atoms. The van der Waals surface area contributed by atoms with Gasteiger partial charge in [0.25, 0.3) is 11.5 Å². The number of hydrogen-bond donors (Lipinski definition) is 1. The summed E-state index contributed by atoms with van der Waals surface area (Å²) in [5, 5.41) is -0.0648. The van der Waals surface area contributed by atoms with E-state index in [0.29, 0.717) is 18.7 Å². The molecule has 8 nitrogen and oxygen atoms in total. The van der Waals surface area contributed by atoms with E-state index in [-0.39, 0.29) is 40.2 Å². The lowest BCUT2D eigenvalue weighted by molar-refractivity contribution is -0.142. The smallest absolute Gasteiger partial charge is 0.433 e. The minimum atomic E-state index is -4.77. The summed E-state index contributed by atoms with van der Waals surface area (Å²) in [5.74, 6) is 0.278. The number of likely N-dealkylation sites (tertiary alicyclic amines) is 1. The van der Waals surface area contributed by atoms with E-state index in [0.717, 1.165) is 12.5 Å². The van der Waals surface area contributed by atoms with E-state index in [1.807, 2.05) is 0 Å². The average Bonchev–Trinajstić information content (AvgIpc) is 3.27. The number of amides is 1. The monoisotopic (exact) mass is 476 g/mol. The number of nitrogens with one attached hydrogen (secondary N) is 1. The van der Waals surface area contributed by atoms with Crippen LogP contribution < -0.4 is 10.3 Å². The molecule has 0 aliphatic carbocycles. The summed E-state index contributed by atoms with van der Waals surface area (Å²) in [6.45, 7) is 3.99. The van der Waals surface area contributed by atoms with Gasteiger partial charge >= 0.3 is 6.18 Å². The first-order chi connectivity index (χ1) is 16.1. The number of rotatable bonds is 5. The van der Waals surface area contributed by atoms with Crippen LogP contribution in [0, 0.1) is 6.92 Å². The van der Waals surface area contributed by atoms with Crippen LogP contribution in [0.3, 0.4) is 0 Å². The highest BCUT2D eigenvalue weighted by Crippen LogP contribution is 2.36. The molecule has 2 atom stereocenters. The fourth-order valence-corrected chi connectivity index (χ4v) is 3.96. The van der Waals surface area contributed by atoms with Gasteiger partial charge < -0.3 is 19.4 Å². The maximum Gasteiger partial charge on any atom is 0.433 e. The Labute approximate surface area is 192 Å². The number of hydrogen-bond acceptors (Lipinski definition) is 6. The third kappa shape index (κ3) is 4.74. The lowest BCUT2D eigenvalue weighted by Gasteiger charge is -2.20. The largest absolute Gasteiger partial charge is 0.486 e. The number of methoxy groups -OCH3 is 1. The minimum absolute atomic E-state index is 0.0112. The van der Waals surface area contributed by atoms with E-state index in [1.54, 1.807) is 24.1 Å². The van der Waals surface area contributed by atoms with Gasteiger partial charge in [0.1, 0.15) is 17.7 Å². The molecule has 4 rings (SSSR count). The van der Waals surface area contributed by atoms with Gasteiger partial charge in [0.2, 0.25) is 0 Å². The molecule has 3 heterocycles. The second-order valence-corrected chi connectivity index (χ2v) is 8.13. The number of aromatic amines is 1. The summed E-state index contributed by atoms with van der Waals surface area (Å²) in [6, 6.07) is 7.27. The molecule has 1 fully saturated rings. The summed E-state index contributed by atoms with van der Waals surface area (Å²) < 4.78 is 52.2. The number of fused-ring (bicyclic) bond motifs is 1. The van der Waals surface area contributed by atoms with Crippen molar-refractivity contribution in [1.82, 2.24) is 19.9 Å². The van der Waals surface area contributed by atoms with Crippen molar-refractivity contribution in [2.75, 3.05) is 20.2 Å². The van der Waals surface area contributed by atoms with Crippen LogP contribution >= 0.6 is 0 Å². The Hall–Kier alpha value is -3.47. The van der Waals surface area contributed by atoms with Gasteiger partial charge in [-0.1, -0.05) is 0 Å². The molecule has 0 radical (unpaired) electrons. The summed E-state index contributed by atoms with van der Waals surface area (Å²) in [4.78, 5) is 36.6. The second kappa shape index (κ2) is 9.05. The van der Waals surface area contributed by atoms with E-state index in [9.17, 15) is 22.8 Å². The highest BCUT2D eigenvalue weighted by Gasteiger charge is 2.38. The number of aromatic nitrogens is 3. The van der Waals surface area contributed by atoms with Crippen LogP contribution in [0.15, 0.2) is 35.1 Å². The number of benzene rings is 1. The van der Waals surface area contributed by atoms with Crippen LogP contribution in [0.1, 0.15) is 46.9 Å². The Morgan fingerprint density at radius 1 is 1.24 bits per heavy atom. The predicted molar refractivity (Wildman–Crippen MR) is 117 cm³/mol. The topological polar surface area (TPSA) is 97.4 Å². The van der Waals surface area contributed by atoms with Gasteiger partial charge in [0.05, 0.1) is 11.5 Å². The highest BCUT2D eigenvalue weighted by atomic mass is 19.4. The third-order valence-corrected chi connectivity index (χ3v) is 5.73. The third-order valence-electron chi connectivity index (χ3n) is 5.73. The standard InChI is InChI=1S/C23H23F3N4O4/c1-12(17-10-18-20(27-13(2)28-21(18)31)29-19(17)23(24,25)26)34-15-6-4-14(5-7-15)22(32)30-9-8-16(11-30)33-3/h4-7,10,12,16H,8-9,11H2,1-3H3,(H,27,28,29,31). The zero-order valence-electron chi connectivity index (χ0n) is 18.8. The Morgan fingerprint density at radius 2 is 1.94 bits per heavy atom. The Morgan fingerprint density at radius 3 is 2.56 bits per heavy atom. The van der Waals surface area contributed by atoms with E-state index in [4.69, 9.17) is 9.47 Å². The van der Waals surface area contributed by atoms with E-state index < -0.39 is 23.5 Å². The molecule has 1 aliphatic rings. The molecular formula is C23H23F3N4O4. The molecular weight excluding hydrogens is 453 g/mol. The number of halogens is 3. The highest BCUT2D eigenvalue weighted by molar-refractivity contribution is 5.94. The number of ether oxygens (including phenoxy) is 2. The molecule has 1 amide bonds. The molecule has 0 saturated carbocycles. The zero-order chi connectivity index (χ0) is 24.6. The number of carbonyl (C=O) groups excluding carboxylic acids is 1. The minimum Gasteiger partial charge on any atom is -0.486 e. The first-order valence-electron chi connectivity index (χ1n) is 10.6. The van der Waals surface area contributed by atoms with Gasteiger partial charge in [-0.2, -0.15) is 13.2 Å². The lowest BCUT2D eigenvalue weighted by Crippen LogP contribution is -2.29. The summed E-state index contributed by atoms with van der Waals surface area (Å²) >= 11 is 0. The number of carbonyl (C=O) groups is 1. The SMILES string of the molecule is COC1CCN(C(=O)c2ccc(OC(C)c3cc4c(=O)[nH]c(C)nc4nc3C(F)(F)F)cc2)C1. The molecule has 1 aromatic carbocycles. The van der Waals surface area contributed by atoms with Crippen molar-refractivity contribution in [1.29, 1.82) is 0 Å². The van der Waals surface area contributed by atoms with E-state index in [1.165, 1.54) is 26.0 Å². The van der Waals surface area contributed by atoms with Crippen molar-refractivity contribution in [3.8, 4) is 5.75 Å². The van der Waals surface area contributed by atoms with Gasteiger partial charge in [-0.15, -0.1) is 0 Å². The molecule has 3 aromatic rings.